The van der Waals surface area contributed by atoms with E-state index in [9.17, 15) is 0 Å². The molecule has 0 fully saturated rings. The quantitative estimate of drug-likeness (QED) is 0.131. The van der Waals surface area contributed by atoms with E-state index in [0.29, 0.717) is 0 Å². The predicted molar refractivity (Wildman–Crippen MR) is 211 cm³/mol. The van der Waals surface area contributed by atoms with Gasteiger partial charge in [-0.2, -0.15) is 0 Å². The molecule has 1 aliphatic carbocycles. The molecule has 9 aromatic rings. The molecule has 0 bridgehead atoms. The van der Waals surface area contributed by atoms with Gasteiger partial charge in [-0.25, -0.2) is 0 Å². The zero-order valence-electron chi connectivity index (χ0n) is 27.4. The molecule has 1 heterocycles. The van der Waals surface area contributed by atoms with Crippen LogP contribution in [0, 0.1) is 0 Å². The van der Waals surface area contributed by atoms with Gasteiger partial charge in [-0.15, -0.1) is 0 Å². The summed E-state index contributed by atoms with van der Waals surface area (Å²) < 4.78 is 2.96. The molecule has 0 aliphatic heterocycles. The van der Waals surface area contributed by atoms with Crippen LogP contribution in [0.15, 0.2) is 164 Å². The standard InChI is InChI=1S/C47H33NSe/c1-47(2)42-18-9-8-17-38(42)39-25-22-36(29-43(39)47)48(34-15-10-14-33(27-34)30-11-4-3-5-12-30)35-23-26-44-41(28-35)40-24-21-32-20-19-31-13-6-7-16-37(31)45(32)46(40)49-44/h3-29H,1-2H3. The van der Waals surface area contributed by atoms with Gasteiger partial charge in [0.25, 0.3) is 0 Å². The van der Waals surface area contributed by atoms with Crippen molar-refractivity contribution in [3.63, 3.8) is 0 Å². The number of nitrogens with zero attached hydrogens (tertiary/aromatic N) is 1. The molecule has 0 spiro atoms. The Morgan fingerprint density at radius 2 is 1.14 bits per heavy atom. The van der Waals surface area contributed by atoms with Gasteiger partial charge >= 0.3 is 294 Å². The molecule has 0 radical (unpaired) electrons. The van der Waals surface area contributed by atoms with Crippen molar-refractivity contribution in [2.24, 2.45) is 0 Å². The van der Waals surface area contributed by atoms with Crippen LogP contribution >= 0.6 is 0 Å². The average Bonchev–Trinajstić information content (AvgIpc) is 3.64. The van der Waals surface area contributed by atoms with Crippen LogP contribution in [0.2, 0.25) is 0 Å². The van der Waals surface area contributed by atoms with E-state index in [-0.39, 0.29) is 19.9 Å². The van der Waals surface area contributed by atoms with Gasteiger partial charge in [0.05, 0.1) is 0 Å². The van der Waals surface area contributed by atoms with Gasteiger partial charge in [0.1, 0.15) is 0 Å². The van der Waals surface area contributed by atoms with Crippen molar-refractivity contribution in [2.45, 2.75) is 19.3 Å². The maximum absolute atomic E-state index is 2.47. The fourth-order valence-electron chi connectivity index (χ4n) is 8.18. The molecule has 0 atom stereocenters. The number of anilines is 3. The number of benzene rings is 8. The van der Waals surface area contributed by atoms with Crippen LogP contribution in [-0.2, 0) is 5.41 Å². The van der Waals surface area contributed by atoms with Crippen molar-refractivity contribution in [3.8, 4) is 22.3 Å². The van der Waals surface area contributed by atoms with E-state index in [1.54, 1.807) is 0 Å². The zero-order chi connectivity index (χ0) is 32.7. The number of fused-ring (bicyclic) bond motifs is 10. The van der Waals surface area contributed by atoms with Crippen LogP contribution in [0.25, 0.3) is 63.1 Å². The molecule has 232 valence electrons. The summed E-state index contributed by atoms with van der Waals surface area (Å²) in [5, 5.41) is 8.15. The molecule has 2 heteroatoms. The fourth-order valence-corrected chi connectivity index (χ4v) is 10.8. The van der Waals surface area contributed by atoms with E-state index in [1.807, 2.05) is 0 Å². The molecule has 0 saturated carbocycles. The Kier molecular flexibility index (Phi) is 6.31. The topological polar surface area (TPSA) is 3.24 Å². The van der Waals surface area contributed by atoms with E-state index in [4.69, 9.17) is 0 Å². The van der Waals surface area contributed by atoms with Gasteiger partial charge in [-0.1, -0.05) is 0 Å². The predicted octanol–water partition coefficient (Wildman–Crippen LogP) is 12.8. The van der Waals surface area contributed by atoms with Crippen LogP contribution in [0.5, 0.6) is 0 Å². The van der Waals surface area contributed by atoms with Gasteiger partial charge in [0, 0.05) is 0 Å². The Hall–Kier alpha value is -5.40. The summed E-state index contributed by atoms with van der Waals surface area (Å²) in [5.41, 5.74) is 11.3. The molecule has 0 amide bonds. The van der Waals surface area contributed by atoms with E-state index >= 15 is 0 Å². The van der Waals surface area contributed by atoms with Gasteiger partial charge in [0.15, 0.2) is 0 Å². The third-order valence-electron chi connectivity index (χ3n) is 10.6. The number of hydrogen-bond acceptors (Lipinski definition) is 1. The maximum atomic E-state index is 2.47. The minimum absolute atomic E-state index is 0.0806. The minimum atomic E-state index is -0.0806. The molecule has 1 aromatic heterocycles. The van der Waals surface area contributed by atoms with Crippen LogP contribution in [-0.4, -0.2) is 14.5 Å². The monoisotopic (exact) mass is 691 g/mol. The Labute approximate surface area is 292 Å². The summed E-state index contributed by atoms with van der Waals surface area (Å²) in [5.74, 6) is 0. The molecule has 0 unspecified atom stereocenters. The van der Waals surface area contributed by atoms with Crippen molar-refractivity contribution in [1.29, 1.82) is 0 Å². The third kappa shape index (κ3) is 4.38. The molecule has 8 aromatic carbocycles. The Balaban J connectivity index is 1.20. The summed E-state index contributed by atoms with van der Waals surface area (Å²) in [7, 11) is 0. The Bertz CT molecular complexity index is 2750. The van der Waals surface area contributed by atoms with Crippen molar-refractivity contribution >= 4 is 72.4 Å². The molecular formula is C47H33NSe. The molecule has 49 heavy (non-hydrogen) atoms. The first kappa shape index (κ1) is 28.6. The van der Waals surface area contributed by atoms with Crippen molar-refractivity contribution in [1.82, 2.24) is 0 Å². The summed E-state index contributed by atoms with van der Waals surface area (Å²) in [4.78, 5) is 2.47. The van der Waals surface area contributed by atoms with Crippen LogP contribution in [0.1, 0.15) is 25.0 Å². The summed E-state index contributed by atoms with van der Waals surface area (Å²) >= 11 is 0.230. The van der Waals surface area contributed by atoms with Crippen LogP contribution in [0.4, 0.5) is 17.1 Å². The van der Waals surface area contributed by atoms with Crippen molar-refractivity contribution < 1.29 is 0 Å². The first-order valence-electron chi connectivity index (χ1n) is 17.0. The summed E-state index contributed by atoms with van der Waals surface area (Å²) in [6.45, 7) is 4.73. The molecule has 10 rings (SSSR count). The van der Waals surface area contributed by atoms with Gasteiger partial charge in [-0.05, 0) is 0 Å². The Morgan fingerprint density at radius 1 is 0.449 bits per heavy atom. The molecular weight excluding hydrogens is 657 g/mol. The van der Waals surface area contributed by atoms with E-state index in [2.05, 4.69) is 183 Å². The van der Waals surface area contributed by atoms with Crippen LogP contribution in [0.3, 0.4) is 0 Å². The number of hydrogen-bond donors (Lipinski definition) is 0. The average molecular weight is 691 g/mol. The third-order valence-corrected chi connectivity index (χ3v) is 13.1. The Morgan fingerprint density at radius 3 is 2.06 bits per heavy atom. The number of rotatable bonds is 4. The van der Waals surface area contributed by atoms with Crippen LogP contribution < -0.4 is 4.90 Å². The second-order valence-corrected chi connectivity index (χ2v) is 16.0. The van der Waals surface area contributed by atoms with Gasteiger partial charge in [-0.3, -0.25) is 0 Å². The SMILES string of the molecule is CC1(C)c2ccccc2-c2ccc(N(c3cccc(-c4ccccc4)c3)c3ccc4[se]c5c(ccc6ccc7ccccc7c65)c4c3)cc21. The van der Waals surface area contributed by atoms with E-state index < -0.39 is 0 Å². The first-order valence-corrected chi connectivity index (χ1v) is 18.7. The molecule has 0 saturated heterocycles. The molecule has 0 N–H and O–H groups in total. The summed E-state index contributed by atoms with van der Waals surface area (Å²) in [6, 6.07) is 61.0. The van der Waals surface area contributed by atoms with E-state index in [0.717, 1.165) is 5.69 Å². The normalized spacial score (nSPS) is 13.3. The van der Waals surface area contributed by atoms with Crippen molar-refractivity contribution in [2.75, 3.05) is 4.90 Å². The van der Waals surface area contributed by atoms with Crippen molar-refractivity contribution in [3.05, 3.63) is 175 Å². The van der Waals surface area contributed by atoms with Gasteiger partial charge in [0.2, 0.25) is 0 Å². The first-order chi connectivity index (χ1) is 24.0. The van der Waals surface area contributed by atoms with Gasteiger partial charge < -0.3 is 0 Å². The second-order valence-electron chi connectivity index (χ2n) is 13.8. The fraction of sp³-hybridized carbons (Fsp3) is 0.0638. The zero-order valence-corrected chi connectivity index (χ0v) is 29.2. The summed E-state index contributed by atoms with van der Waals surface area (Å²) in [6.07, 6.45) is 0. The molecule has 1 nitrogen and oxygen atoms in total. The second kappa shape index (κ2) is 10.8. The molecule has 1 aliphatic rings. The van der Waals surface area contributed by atoms with E-state index in [1.165, 1.54) is 85.6 Å².